The van der Waals surface area contributed by atoms with Crippen LogP contribution in [-0.4, -0.2) is 22.2 Å². The number of aliphatic hydroxyl groups excluding tert-OH is 1. The van der Waals surface area contributed by atoms with Crippen LogP contribution in [0.5, 0.6) is 0 Å². The van der Waals surface area contributed by atoms with Gasteiger partial charge in [-0.2, -0.15) is 0 Å². The zero-order valence-electron chi connectivity index (χ0n) is 12.6. The second kappa shape index (κ2) is 6.67. The SMILES string of the molecule is Cc1ccc(S[C@H]2CC[C@H](O)[C@@H]2C(=O)c2ccccc2)cc1. The van der Waals surface area contributed by atoms with Gasteiger partial charge in [0.2, 0.25) is 0 Å². The predicted octanol–water partition coefficient (Wildman–Crippen LogP) is 4.11. The van der Waals surface area contributed by atoms with Crippen LogP contribution in [0.15, 0.2) is 59.5 Å². The van der Waals surface area contributed by atoms with E-state index in [1.165, 1.54) is 5.56 Å². The van der Waals surface area contributed by atoms with Gasteiger partial charge in [0.25, 0.3) is 0 Å². The van der Waals surface area contributed by atoms with Crippen molar-refractivity contribution in [3.63, 3.8) is 0 Å². The van der Waals surface area contributed by atoms with Gasteiger partial charge < -0.3 is 5.11 Å². The molecule has 1 N–H and O–H groups in total. The summed E-state index contributed by atoms with van der Waals surface area (Å²) in [6, 6.07) is 17.7. The summed E-state index contributed by atoms with van der Waals surface area (Å²) in [5, 5.41) is 10.4. The minimum absolute atomic E-state index is 0.0650. The normalized spacial score (nSPS) is 24.4. The largest absolute Gasteiger partial charge is 0.392 e. The molecule has 0 spiro atoms. The van der Waals surface area contributed by atoms with E-state index in [9.17, 15) is 9.90 Å². The van der Waals surface area contributed by atoms with Crippen LogP contribution in [-0.2, 0) is 0 Å². The van der Waals surface area contributed by atoms with Gasteiger partial charge in [0.15, 0.2) is 5.78 Å². The Bertz CT molecular complexity index is 636. The van der Waals surface area contributed by atoms with Crippen LogP contribution in [0.2, 0.25) is 0 Å². The van der Waals surface area contributed by atoms with Gasteiger partial charge in [-0.1, -0.05) is 48.0 Å². The molecule has 0 aliphatic heterocycles. The van der Waals surface area contributed by atoms with E-state index in [4.69, 9.17) is 0 Å². The van der Waals surface area contributed by atoms with Crippen LogP contribution in [0, 0.1) is 12.8 Å². The molecule has 1 fully saturated rings. The van der Waals surface area contributed by atoms with Crippen molar-refractivity contribution in [3.8, 4) is 0 Å². The smallest absolute Gasteiger partial charge is 0.169 e. The van der Waals surface area contributed by atoms with Crippen LogP contribution in [0.25, 0.3) is 0 Å². The van der Waals surface area contributed by atoms with Crippen LogP contribution in [0.3, 0.4) is 0 Å². The molecule has 0 bridgehead atoms. The standard InChI is InChI=1S/C19H20O2S/c1-13-7-9-15(10-8-13)22-17-12-11-16(20)18(17)19(21)14-5-3-2-4-6-14/h2-10,16-18,20H,11-12H2,1H3/t16-,17-,18-/m0/s1. The summed E-state index contributed by atoms with van der Waals surface area (Å²) < 4.78 is 0. The highest BCUT2D eigenvalue weighted by Crippen LogP contribution is 2.40. The van der Waals surface area contributed by atoms with Crippen molar-refractivity contribution in [2.24, 2.45) is 5.92 Å². The summed E-state index contributed by atoms with van der Waals surface area (Å²) in [7, 11) is 0. The monoisotopic (exact) mass is 312 g/mol. The molecule has 22 heavy (non-hydrogen) atoms. The maximum Gasteiger partial charge on any atom is 0.169 e. The molecule has 1 aliphatic carbocycles. The number of carbonyl (C=O) groups is 1. The van der Waals surface area contributed by atoms with Gasteiger partial charge in [-0.25, -0.2) is 0 Å². The maximum absolute atomic E-state index is 12.7. The lowest BCUT2D eigenvalue weighted by molar-refractivity contribution is 0.0764. The third-order valence-corrected chi connectivity index (χ3v) is 5.61. The van der Waals surface area contributed by atoms with E-state index < -0.39 is 6.10 Å². The van der Waals surface area contributed by atoms with E-state index in [1.807, 2.05) is 30.3 Å². The van der Waals surface area contributed by atoms with Crippen LogP contribution in [0.1, 0.15) is 28.8 Å². The van der Waals surface area contributed by atoms with Gasteiger partial charge in [-0.3, -0.25) is 4.79 Å². The lowest BCUT2D eigenvalue weighted by atomic mass is 9.94. The molecule has 3 atom stereocenters. The molecule has 0 aromatic heterocycles. The highest BCUT2D eigenvalue weighted by atomic mass is 32.2. The Morgan fingerprint density at radius 1 is 1.05 bits per heavy atom. The average Bonchev–Trinajstić information content (AvgIpc) is 2.90. The van der Waals surface area contributed by atoms with E-state index >= 15 is 0 Å². The molecule has 0 heterocycles. The Morgan fingerprint density at radius 3 is 2.41 bits per heavy atom. The van der Waals surface area contributed by atoms with Gasteiger partial charge in [-0.15, -0.1) is 11.8 Å². The fourth-order valence-electron chi connectivity index (χ4n) is 3.00. The average molecular weight is 312 g/mol. The minimum Gasteiger partial charge on any atom is -0.392 e. The van der Waals surface area contributed by atoms with Gasteiger partial charge in [0.05, 0.1) is 12.0 Å². The van der Waals surface area contributed by atoms with E-state index in [0.29, 0.717) is 12.0 Å². The fraction of sp³-hybridized carbons (Fsp3) is 0.316. The molecule has 3 heteroatoms. The van der Waals surface area contributed by atoms with Gasteiger partial charge in [0, 0.05) is 15.7 Å². The van der Waals surface area contributed by atoms with Crippen molar-refractivity contribution in [3.05, 3.63) is 65.7 Å². The number of benzene rings is 2. The van der Waals surface area contributed by atoms with Crippen molar-refractivity contribution in [1.29, 1.82) is 0 Å². The van der Waals surface area contributed by atoms with Crippen molar-refractivity contribution in [2.75, 3.05) is 0 Å². The summed E-state index contributed by atoms with van der Waals surface area (Å²) >= 11 is 1.71. The van der Waals surface area contributed by atoms with E-state index in [1.54, 1.807) is 11.8 Å². The second-order valence-corrected chi connectivity index (χ2v) is 7.18. The van der Waals surface area contributed by atoms with Crippen LogP contribution >= 0.6 is 11.8 Å². The molecule has 0 unspecified atom stereocenters. The Labute approximate surface area is 135 Å². The number of aryl methyl sites for hydroxylation is 1. The maximum atomic E-state index is 12.7. The third-order valence-electron chi connectivity index (χ3n) is 4.23. The molecule has 1 aliphatic rings. The Balaban J connectivity index is 1.79. The molecule has 1 saturated carbocycles. The molecule has 0 saturated heterocycles. The number of ketones is 1. The molecule has 3 rings (SSSR count). The number of Topliss-reactive ketones (excluding diaryl/α,β-unsaturated/α-hetero) is 1. The number of aliphatic hydroxyl groups is 1. The summed E-state index contributed by atoms with van der Waals surface area (Å²) in [4.78, 5) is 13.9. The molecular formula is C19H20O2S. The van der Waals surface area contributed by atoms with Crippen molar-refractivity contribution < 1.29 is 9.90 Å². The number of hydrogen-bond acceptors (Lipinski definition) is 3. The summed E-state index contributed by atoms with van der Waals surface area (Å²) in [5.74, 6) is -0.246. The molecule has 0 amide bonds. The van der Waals surface area contributed by atoms with Gasteiger partial charge >= 0.3 is 0 Å². The van der Waals surface area contributed by atoms with Crippen molar-refractivity contribution >= 4 is 17.5 Å². The first-order valence-corrected chi connectivity index (χ1v) is 8.54. The van der Waals surface area contributed by atoms with Crippen LogP contribution in [0.4, 0.5) is 0 Å². The highest BCUT2D eigenvalue weighted by molar-refractivity contribution is 8.00. The fourth-order valence-corrected chi connectivity index (χ4v) is 4.35. The molecule has 2 nitrogen and oxygen atoms in total. The van der Waals surface area contributed by atoms with Gasteiger partial charge in [0.1, 0.15) is 0 Å². The molecular weight excluding hydrogens is 292 g/mol. The highest BCUT2D eigenvalue weighted by Gasteiger charge is 2.40. The Hall–Kier alpha value is -1.58. The Kier molecular flexibility index (Phi) is 4.65. The van der Waals surface area contributed by atoms with Crippen molar-refractivity contribution in [1.82, 2.24) is 0 Å². The predicted molar refractivity (Wildman–Crippen MR) is 90.3 cm³/mol. The number of rotatable bonds is 4. The first-order valence-electron chi connectivity index (χ1n) is 7.66. The summed E-state index contributed by atoms with van der Waals surface area (Å²) in [6.07, 6.45) is 1.05. The third kappa shape index (κ3) is 3.26. The number of thioether (sulfide) groups is 1. The van der Waals surface area contributed by atoms with E-state index in [0.717, 1.165) is 11.3 Å². The lowest BCUT2D eigenvalue weighted by Gasteiger charge is -2.20. The minimum atomic E-state index is -0.532. The van der Waals surface area contributed by atoms with E-state index in [2.05, 4.69) is 31.2 Å². The molecule has 114 valence electrons. The van der Waals surface area contributed by atoms with Gasteiger partial charge in [-0.05, 0) is 31.9 Å². The molecule has 2 aromatic rings. The zero-order valence-corrected chi connectivity index (χ0v) is 13.4. The second-order valence-electron chi connectivity index (χ2n) is 5.87. The molecule has 0 radical (unpaired) electrons. The topological polar surface area (TPSA) is 37.3 Å². The van der Waals surface area contributed by atoms with E-state index in [-0.39, 0.29) is 17.0 Å². The molecule has 2 aromatic carbocycles. The van der Waals surface area contributed by atoms with Crippen LogP contribution < -0.4 is 0 Å². The quantitative estimate of drug-likeness (QED) is 0.863. The Morgan fingerprint density at radius 2 is 1.73 bits per heavy atom. The summed E-state index contributed by atoms with van der Waals surface area (Å²) in [6.45, 7) is 2.06. The first kappa shape index (κ1) is 15.3. The lowest BCUT2D eigenvalue weighted by Crippen LogP contribution is -2.29. The number of hydrogen-bond donors (Lipinski definition) is 1. The first-order chi connectivity index (χ1) is 10.6. The number of carbonyl (C=O) groups excluding carboxylic acids is 1. The van der Waals surface area contributed by atoms with Crippen molar-refractivity contribution in [2.45, 2.75) is 36.0 Å². The zero-order chi connectivity index (χ0) is 15.5. The summed E-state index contributed by atoms with van der Waals surface area (Å²) in [5.41, 5.74) is 1.93.